The molecule has 1 aromatic rings. The van der Waals surface area contributed by atoms with Crippen LogP contribution in [0.2, 0.25) is 0 Å². The maximum Gasteiger partial charge on any atom is 0.314 e. The molecule has 2 N–H and O–H groups in total. The summed E-state index contributed by atoms with van der Waals surface area (Å²) in [6.45, 7) is 8.65. The average molecular weight is 310 g/mol. The van der Waals surface area contributed by atoms with E-state index in [1.54, 1.807) is 0 Å². The Bertz CT molecular complexity index is 468. The normalized spacial score (nSPS) is 23.0. The highest BCUT2D eigenvalue weighted by Crippen LogP contribution is 2.36. The fourth-order valence-corrected chi connectivity index (χ4v) is 3.81. The van der Waals surface area contributed by atoms with Crippen molar-refractivity contribution in [3.63, 3.8) is 0 Å². The van der Waals surface area contributed by atoms with E-state index in [0.717, 1.165) is 18.9 Å². The van der Waals surface area contributed by atoms with Crippen molar-refractivity contribution >= 4 is 17.8 Å². The number of aryl methyl sites for hydroxylation is 1. The number of hydrogen-bond acceptors (Lipinski definition) is 3. The Morgan fingerprint density at radius 3 is 3.00 bits per heavy atom. The predicted molar refractivity (Wildman–Crippen MR) is 87.6 cm³/mol. The fourth-order valence-electron chi connectivity index (χ4n) is 2.57. The van der Waals surface area contributed by atoms with Crippen LogP contribution in [-0.2, 0) is 6.54 Å². The maximum absolute atomic E-state index is 11.9. The summed E-state index contributed by atoms with van der Waals surface area (Å²) in [5, 5.41) is 5.96. The van der Waals surface area contributed by atoms with E-state index in [1.807, 2.05) is 31.1 Å². The first-order valence-electron chi connectivity index (χ1n) is 7.62. The second-order valence-electron chi connectivity index (χ2n) is 6.20. The summed E-state index contributed by atoms with van der Waals surface area (Å²) in [6.07, 6.45) is 6.23. The predicted octanol–water partition coefficient (Wildman–Crippen LogP) is 2.41. The van der Waals surface area contributed by atoms with Crippen molar-refractivity contribution in [1.29, 1.82) is 0 Å². The minimum absolute atomic E-state index is 0.0575. The molecule has 2 heterocycles. The van der Waals surface area contributed by atoms with Crippen LogP contribution < -0.4 is 10.6 Å². The van der Waals surface area contributed by atoms with Crippen LogP contribution in [0.1, 0.15) is 32.5 Å². The van der Waals surface area contributed by atoms with E-state index in [-0.39, 0.29) is 10.8 Å². The van der Waals surface area contributed by atoms with Gasteiger partial charge >= 0.3 is 6.03 Å². The van der Waals surface area contributed by atoms with Crippen molar-refractivity contribution in [2.75, 3.05) is 18.8 Å². The molecule has 0 spiro atoms. The SMILES string of the molecule is Cc1nccn1C[C@@H](C)CNC(=O)NC[C@]1(C)CCCS1. The van der Waals surface area contributed by atoms with Crippen molar-refractivity contribution in [2.45, 2.75) is 44.9 Å². The van der Waals surface area contributed by atoms with E-state index in [2.05, 4.69) is 34.0 Å². The summed E-state index contributed by atoms with van der Waals surface area (Å²) in [4.78, 5) is 16.1. The van der Waals surface area contributed by atoms with Gasteiger partial charge in [-0.15, -0.1) is 0 Å². The number of carbonyl (C=O) groups is 1. The molecule has 1 aromatic heterocycles. The number of aromatic nitrogens is 2. The average Bonchev–Trinajstić information content (AvgIpc) is 3.05. The first kappa shape index (κ1) is 16.2. The van der Waals surface area contributed by atoms with Crippen LogP contribution in [0.5, 0.6) is 0 Å². The van der Waals surface area contributed by atoms with Gasteiger partial charge in [-0.05, 0) is 38.4 Å². The molecule has 5 nitrogen and oxygen atoms in total. The monoisotopic (exact) mass is 310 g/mol. The zero-order chi connectivity index (χ0) is 15.3. The molecular weight excluding hydrogens is 284 g/mol. The van der Waals surface area contributed by atoms with E-state index in [1.165, 1.54) is 18.6 Å². The Morgan fingerprint density at radius 1 is 1.57 bits per heavy atom. The minimum Gasteiger partial charge on any atom is -0.338 e. The van der Waals surface area contributed by atoms with Gasteiger partial charge in [0, 0.05) is 36.8 Å². The number of nitrogens with one attached hydrogen (secondary N) is 2. The number of rotatable bonds is 6. The summed E-state index contributed by atoms with van der Waals surface area (Å²) in [5.41, 5.74) is 0. The van der Waals surface area contributed by atoms with Gasteiger partial charge in [-0.2, -0.15) is 11.8 Å². The minimum atomic E-state index is -0.0575. The lowest BCUT2D eigenvalue weighted by molar-refractivity contribution is 0.237. The van der Waals surface area contributed by atoms with Gasteiger partial charge in [0.05, 0.1) is 0 Å². The molecular formula is C15H26N4OS. The van der Waals surface area contributed by atoms with Crippen LogP contribution in [0.3, 0.4) is 0 Å². The molecule has 6 heteroatoms. The molecule has 0 radical (unpaired) electrons. The maximum atomic E-state index is 11.9. The smallest absolute Gasteiger partial charge is 0.314 e. The highest BCUT2D eigenvalue weighted by molar-refractivity contribution is 8.00. The fraction of sp³-hybridized carbons (Fsp3) is 0.733. The standard InChI is InChI=1S/C15H26N4OS/c1-12(10-19-7-6-16-13(19)2)9-17-14(20)18-11-15(3)5-4-8-21-15/h6-7,12H,4-5,8-11H2,1-3H3,(H2,17,18,20)/t12-,15-/m0/s1. The Balaban J connectivity index is 1.65. The van der Waals surface area contributed by atoms with Crippen LogP contribution in [0.4, 0.5) is 4.79 Å². The van der Waals surface area contributed by atoms with Crippen LogP contribution >= 0.6 is 11.8 Å². The van der Waals surface area contributed by atoms with Crippen molar-refractivity contribution < 1.29 is 4.79 Å². The largest absolute Gasteiger partial charge is 0.338 e. The van der Waals surface area contributed by atoms with Crippen molar-refractivity contribution in [2.24, 2.45) is 5.92 Å². The lowest BCUT2D eigenvalue weighted by atomic mass is 10.1. The lowest BCUT2D eigenvalue weighted by Gasteiger charge is -2.23. The summed E-state index contributed by atoms with van der Waals surface area (Å²) in [7, 11) is 0. The molecule has 2 amide bonds. The molecule has 118 valence electrons. The topological polar surface area (TPSA) is 59.0 Å². The van der Waals surface area contributed by atoms with Gasteiger partial charge < -0.3 is 15.2 Å². The van der Waals surface area contributed by atoms with E-state index >= 15 is 0 Å². The number of amides is 2. The molecule has 1 aliphatic rings. The van der Waals surface area contributed by atoms with Crippen LogP contribution in [0, 0.1) is 12.8 Å². The van der Waals surface area contributed by atoms with Gasteiger partial charge in [0.2, 0.25) is 0 Å². The van der Waals surface area contributed by atoms with E-state index in [0.29, 0.717) is 12.5 Å². The third-order valence-electron chi connectivity index (χ3n) is 3.97. The molecule has 0 aliphatic carbocycles. The Hall–Kier alpha value is -1.17. The molecule has 2 rings (SSSR count). The Kier molecular flexibility index (Phi) is 5.56. The second-order valence-corrected chi connectivity index (χ2v) is 7.88. The highest BCUT2D eigenvalue weighted by Gasteiger charge is 2.29. The molecule has 1 aliphatic heterocycles. The van der Waals surface area contributed by atoms with Crippen LogP contribution in [-0.4, -0.2) is 39.2 Å². The summed E-state index contributed by atoms with van der Waals surface area (Å²) in [5.74, 6) is 2.60. The van der Waals surface area contributed by atoms with Crippen LogP contribution in [0.25, 0.3) is 0 Å². The van der Waals surface area contributed by atoms with Gasteiger partial charge in [-0.1, -0.05) is 6.92 Å². The third-order valence-corrected chi connectivity index (χ3v) is 5.50. The molecule has 2 atom stereocenters. The molecule has 0 unspecified atom stereocenters. The van der Waals surface area contributed by atoms with Crippen LogP contribution in [0.15, 0.2) is 12.4 Å². The molecule has 0 bridgehead atoms. The number of nitrogens with zero attached hydrogens (tertiary/aromatic N) is 2. The van der Waals surface area contributed by atoms with Gasteiger partial charge in [0.15, 0.2) is 0 Å². The van der Waals surface area contributed by atoms with Crippen molar-refractivity contribution in [3.8, 4) is 0 Å². The second kappa shape index (κ2) is 7.20. The molecule has 21 heavy (non-hydrogen) atoms. The number of hydrogen-bond donors (Lipinski definition) is 2. The Labute approximate surface area is 131 Å². The molecule has 1 fully saturated rings. The molecule has 0 saturated carbocycles. The van der Waals surface area contributed by atoms with Gasteiger partial charge in [0.25, 0.3) is 0 Å². The first-order chi connectivity index (χ1) is 9.98. The zero-order valence-electron chi connectivity index (χ0n) is 13.2. The number of urea groups is 1. The van der Waals surface area contributed by atoms with Crippen molar-refractivity contribution in [3.05, 3.63) is 18.2 Å². The summed E-state index contributed by atoms with van der Waals surface area (Å²) < 4.78 is 2.33. The van der Waals surface area contributed by atoms with Gasteiger partial charge in [-0.25, -0.2) is 9.78 Å². The van der Waals surface area contributed by atoms with Gasteiger partial charge in [0.1, 0.15) is 5.82 Å². The number of carbonyl (C=O) groups excluding carboxylic acids is 1. The molecule has 1 saturated heterocycles. The number of imidazole rings is 1. The van der Waals surface area contributed by atoms with E-state index in [9.17, 15) is 4.79 Å². The third kappa shape index (κ3) is 4.95. The quantitative estimate of drug-likeness (QED) is 0.848. The number of thioether (sulfide) groups is 1. The van der Waals surface area contributed by atoms with Crippen molar-refractivity contribution in [1.82, 2.24) is 20.2 Å². The van der Waals surface area contributed by atoms with Gasteiger partial charge in [-0.3, -0.25) is 0 Å². The highest BCUT2D eigenvalue weighted by atomic mass is 32.2. The summed E-state index contributed by atoms with van der Waals surface area (Å²) >= 11 is 1.96. The first-order valence-corrected chi connectivity index (χ1v) is 8.60. The molecule has 0 aromatic carbocycles. The Morgan fingerprint density at radius 2 is 2.38 bits per heavy atom. The summed E-state index contributed by atoms with van der Waals surface area (Å²) in [6, 6.07) is -0.0575. The van der Waals surface area contributed by atoms with E-state index < -0.39 is 0 Å². The lowest BCUT2D eigenvalue weighted by Crippen LogP contribution is -2.43. The zero-order valence-corrected chi connectivity index (χ0v) is 14.0. The van der Waals surface area contributed by atoms with E-state index in [4.69, 9.17) is 0 Å².